The van der Waals surface area contributed by atoms with Crippen molar-refractivity contribution in [2.45, 2.75) is 26.2 Å². The van der Waals surface area contributed by atoms with Crippen molar-refractivity contribution in [3.8, 4) is 5.75 Å². The molecule has 0 saturated carbocycles. The van der Waals surface area contributed by atoms with Crippen LogP contribution >= 0.6 is 0 Å². The molecule has 3 nitrogen and oxygen atoms in total. The Bertz CT molecular complexity index is 360. The maximum Gasteiger partial charge on any atom is 0.195 e. The predicted octanol–water partition coefficient (Wildman–Crippen LogP) is 2.58. The maximum absolute atomic E-state index is 11.2. The van der Waals surface area contributed by atoms with Gasteiger partial charge in [0.25, 0.3) is 0 Å². The molecule has 1 aromatic rings. The summed E-state index contributed by atoms with van der Waals surface area (Å²) < 4.78 is 10.1. The highest BCUT2D eigenvalue weighted by molar-refractivity contribution is 5.81. The van der Waals surface area contributed by atoms with Crippen molar-refractivity contribution in [1.82, 2.24) is 0 Å². The predicted molar refractivity (Wildman–Crippen MR) is 67.5 cm³/mol. The van der Waals surface area contributed by atoms with Gasteiger partial charge in [-0.3, -0.25) is 4.79 Å². The Labute approximate surface area is 103 Å². The normalized spacial score (nSPS) is 11.3. The van der Waals surface area contributed by atoms with E-state index in [1.54, 1.807) is 0 Å². The number of methoxy groups -OCH3 is 1. The molecule has 0 saturated heterocycles. The van der Waals surface area contributed by atoms with Gasteiger partial charge in [0.05, 0.1) is 0 Å². The molecule has 0 aliphatic heterocycles. The second kappa shape index (κ2) is 5.82. The Morgan fingerprint density at radius 3 is 2.18 bits per heavy atom. The topological polar surface area (TPSA) is 35.5 Å². The van der Waals surface area contributed by atoms with E-state index in [-0.39, 0.29) is 24.4 Å². The highest BCUT2D eigenvalue weighted by atomic mass is 16.5. The van der Waals surface area contributed by atoms with Crippen LogP contribution in [0.25, 0.3) is 0 Å². The maximum atomic E-state index is 11.2. The molecule has 0 aliphatic carbocycles. The number of ketones is 1. The molecule has 0 unspecified atom stereocenters. The van der Waals surface area contributed by atoms with Crippen molar-refractivity contribution in [1.29, 1.82) is 0 Å². The van der Waals surface area contributed by atoms with Gasteiger partial charge in [-0.05, 0) is 23.1 Å². The quantitative estimate of drug-likeness (QED) is 0.788. The van der Waals surface area contributed by atoms with Crippen molar-refractivity contribution in [2.24, 2.45) is 0 Å². The van der Waals surface area contributed by atoms with Crippen LogP contribution in [0.1, 0.15) is 26.3 Å². The van der Waals surface area contributed by atoms with Gasteiger partial charge in [0, 0.05) is 7.11 Å². The molecule has 3 heteroatoms. The lowest BCUT2D eigenvalue weighted by Gasteiger charge is -2.19. The van der Waals surface area contributed by atoms with Gasteiger partial charge >= 0.3 is 0 Å². The van der Waals surface area contributed by atoms with Gasteiger partial charge in [0.15, 0.2) is 5.78 Å². The smallest absolute Gasteiger partial charge is 0.195 e. The van der Waals surface area contributed by atoms with E-state index in [1.165, 1.54) is 12.7 Å². The molecule has 0 N–H and O–H groups in total. The highest BCUT2D eigenvalue weighted by Gasteiger charge is 2.13. The third kappa shape index (κ3) is 4.57. The van der Waals surface area contributed by atoms with Gasteiger partial charge in [0.1, 0.15) is 19.0 Å². The van der Waals surface area contributed by atoms with E-state index >= 15 is 0 Å². The van der Waals surface area contributed by atoms with Crippen LogP contribution in [0.4, 0.5) is 0 Å². The molecule has 1 aromatic carbocycles. The molecule has 0 aromatic heterocycles. The van der Waals surface area contributed by atoms with Gasteiger partial charge in [-0.25, -0.2) is 0 Å². The third-order valence-corrected chi connectivity index (χ3v) is 2.43. The zero-order valence-corrected chi connectivity index (χ0v) is 10.9. The summed E-state index contributed by atoms with van der Waals surface area (Å²) >= 11 is 0. The Morgan fingerprint density at radius 1 is 1.12 bits per heavy atom. The van der Waals surface area contributed by atoms with Crippen molar-refractivity contribution < 1.29 is 14.3 Å². The van der Waals surface area contributed by atoms with Crippen LogP contribution in [0.2, 0.25) is 0 Å². The van der Waals surface area contributed by atoms with Gasteiger partial charge in [-0.15, -0.1) is 0 Å². The van der Waals surface area contributed by atoms with Crippen LogP contribution in [-0.2, 0) is 14.9 Å². The van der Waals surface area contributed by atoms with Crippen molar-refractivity contribution >= 4 is 5.78 Å². The van der Waals surface area contributed by atoms with Crippen molar-refractivity contribution in [3.05, 3.63) is 29.8 Å². The third-order valence-electron chi connectivity index (χ3n) is 2.43. The fourth-order valence-electron chi connectivity index (χ4n) is 1.42. The minimum Gasteiger partial charge on any atom is -0.486 e. The monoisotopic (exact) mass is 236 g/mol. The second-order valence-corrected chi connectivity index (χ2v) is 5.03. The number of carbonyl (C=O) groups is 1. The molecule has 0 amide bonds. The molecule has 0 heterocycles. The van der Waals surface area contributed by atoms with E-state index in [1.807, 2.05) is 24.3 Å². The van der Waals surface area contributed by atoms with Crippen LogP contribution in [0, 0.1) is 0 Å². The van der Waals surface area contributed by atoms with Crippen LogP contribution in [0.15, 0.2) is 24.3 Å². The van der Waals surface area contributed by atoms with E-state index < -0.39 is 0 Å². The van der Waals surface area contributed by atoms with Gasteiger partial charge in [-0.2, -0.15) is 0 Å². The first-order chi connectivity index (χ1) is 7.93. The lowest BCUT2D eigenvalue weighted by molar-refractivity contribution is -0.124. The zero-order valence-electron chi connectivity index (χ0n) is 10.9. The summed E-state index contributed by atoms with van der Waals surface area (Å²) in [7, 11) is 1.50. The fraction of sp³-hybridized carbons (Fsp3) is 0.500. The van der Waals surface area contributed by atoms with Gasteiger partial charge < -0.3 is 9.47 Å². The summed E-state index contributed by atoms with van der Waals surface area (Å²) in [4.78, 5) is 11.2. The average Bonchev–Trinajstić information content (AvgIpc) is 2.26. The van der Waals surface area contributed by atoms with E-state index in [4.69, 9.17) is 9.47 Å². The number of Topliss-reactive ketones (excluding diaryl/α,β-unsaturated/α-hetero) is 1. The molecule has 0 atom stereocenters. The van der Waals surface area contributed by atoms with Gasteiger partial charge in [-0.1, -0.05) is 32.9 Å². The zero-order chi connectivity index (χ0) is 12.9. The van der Waals surface area contributed by atoms with Crippen LogP contribution in [0.3, 0.4) is 0 Å². The molecule has 17 heavy (non-hydrogen) atoms. The van der Waals surface area contributed by atoms with Crippen molar-refractivity contribution in [3.63, 3.8) is 0 Å². The summed E-state index contributed by atoms with van der Waals surface area (Å²) in [5.41, 5.74) is 1.37. The molecule has 0 radical (unpaired) electrons. The SMILES string of the molecule is COCC(=O)COc1ccc(C(C)(C)C)cc1. The first kappa shape index (κ1) is 13.7. The lowest BCUT2D eigenvalue weighted by Crippen LogP contribution is -2.16. The lowest BCUT2D eigenvalue weighted by atomic mass is 9.87. The molecule has 0 fully saturated rings. The molecule has 0 aliphatic rings. The van der Waals surface area contributed by atoms with Crippen LogP contribution in [-0.4, -0.2) is 26.1 Å². The molecular weight excluding hydrogens is 216 g/mol. The molecule has 94 valence electrons. The van der Waals surface area contributed by atoms with E-state index in [0.29, 0.717) is 5.75 Å². The summed E-state index contributed by atoms with van der Waals surface area (Å²) in [5.74, 6) is 0.648. The standard InChI is InChI=1S/C14H20O3/c1-14(2,3)11-5-7-13(8-6-11)17-10-12(15)9-16-4/h5-8H,9-10H2,1-4H3. The average molecular weight is 236 g/mol. The van der Waals surface area contributed by atoms with E-state index in [0.717, 1.165) is 0 Å². The molecular formula is C14H20O3. The highest BCUT2D eigenvalue weighted by Crippen LogP contribution is 2.24. The van der Waals surface area contributed by atoms with Crippen LogP contribution < -0.4 is 4.74 Å². The van der Waals surface area contributed by atoms with Crippen molar-refractivity contribution in [2.75, 3.05) is 20.3 Å². The minimum atomic E-state index is -0.0626. The van der Waals surface area contributed by atoms with E-state index in [2.05, 4.69) is 20.8 Å². The first-order valence-corrected chi connectivity index (χ1v) is 5.67. The Morgan fingerprint density at radius 2 is 1.71 bits per heavy atom. The first-order valence-electron chi connectivity index (χ1n) is 5.67. The fourth-order valence-corrected chi connectivity index (χ4v) is 1.42. The number of carbonyl (C=O) groups excluding carboxylic acids is 1. The Hall–Kier alpha value is -1.35. The second-order valence-electron chi connectivity index (χ2n) is 5.03. The number of hydrogen-bond donors (Lipinski definition) is 0. The number of hydrogen-bond acceptors (Lipinski definition) is 3. The minimum absolute atomic E-state index is 0.0582. The number of benzene rings is 1. The summed E-state index contributed by atoms with van der Waals surface area (Å²) in [6, 6.07) is 7.83. The molecule has 0 bridgehead atoms. The largest absolute Gasteiger partial charge is 0.486 e. The molecule has 1 rings (SSSR count). The summed E-state index contributed by atoms with van der Waals surface area (Å²) in [6.45, 7) is 6.63. The number of rotatable bonds is 5. The summed E-state index contributed by atoms with van der Waals surface area (Å²) in [5, 5.41) is 0. The van der Waals surface area contributed by atoms with Crippen LogP contribution in [0.5, 0.6) is 5.75 Å². The summed E-state index contributed by atoms with van der Waals surface area (Å²) in [6.07, 6.45) is 0. The van der Waals surface area contributed by atoms with E-state index in [9.17, 15) is 4.79 Å². The number of ether oxygens (including phenoxy) is 2. The Balaban J connectivity index is 2.54. The Kier molecular flexibility index (Phi) is 4.70. The molecule has 0 spiro atoms. The van der Waals surface area contributed by atoms with Gasteiger partial charge in [0.2, 0.25) is 0 Å².